The lowest BCUT2D eigenvalue weighted by Gasteiger charge is -2.21. The molecule has 0 aliphatic carbocycles. The number of phenolic OH excluding ortho intramolecular Hbond substituents is 1. The number of hydrogen-bond donors (Lipinski definition) is 1. The van der Waals surface area contributed by atoms with E-state index in [-0.39, 0.29) is 11.7 Å². The molecule has 2 rings (SSSR count). The third kappa shape index (κ3) is 2.35. The fourth-order valence-electron chi connectivity index (χ4n) is 2.25. The lowest BCUT2D eigenvalue weighted by molar-refractivity contribution is -0.130. The minimum atomic E-state index is 0.163. The lowest BCUT2D eigenvalue weighted by Crippen LogP contribution is -2.34. The quantitative estimate of drug-likeness (QED) is 0.825. The summed E-state index contributed by atoms with van der Waals surface area (Å²) in [5.74, 6) is 0.385. The molecule has 16 heavy (non-hydrogen) atoms. The van der Waals surface area contributed by atoms with E-state index in [1.165, 1.54) is 0 Å². The maximum absolute atomic E-state index is 12.0. The molecular weight excluding hydrogens is 202 g/mol. The zero-order valence-corrected chi connectivity index (χ0v) is 9.52. The van der Waals surface area contributed by atoms with Crippen LogP contribution in [0.2, 0.25) is 0 Å². The number of aromatic hydroxyl groups is 1. The van der Waals surface area contributed by atoms with Crippen molar-refractivity contribution in [2.45, 2.75) is 32.2 Å². The molecule has 1 saturated heterocycles. The summed E-state index contributed by atoms with van der Waals surface area (Å²) >= 11 is 0. The number of carbonyl (C=O) groups is 1. The maximum Gasteiger partial charge on any atom is 0.227 e. The molecule has 1 heterocycles. The molecule has 0 aromatic heterocycles. The van der Waals surface area contributed by atoms with Crippen LogP contribution in [0.5, 0.6) is 5.75 Å². The van der Waals surface area contributed by atoms with Crippen LogP contribution in [-0.2, 0) is 11.2 Å². The molecule has 1 aliphatic heterocycles. The van der Waals surface area contributed by atoms with Crippen LogP contribution in [0.25, 0.3) is 0 Å². The Bertz CT molecular complexity index is 389. The van der Waals surface area contributed by atoms with Crippen molar-refractivity contribution in [3.05, 3.63) is 29.8 Å². The summed E-state index contributed by atoms with van der Waals surface area (Å²) in [6.45, 7) is 2.96. The predicted octanol–water partition coefficient (Wildman–Crippen LogP) is 1.95. The highest BCUT2D eigenvalue weighted by molar-refractivity contribution is 5.79. The molecular formula is C13H17NO2. The Morgan fingerprint density at radius 3 is 3.00 bits per heavy atom. The summed E-state index contributed by atoms with van der Waals surface area (Å²) < 4.78 is 0. The van der Waals surface area contributed by atoms with Gasteiger partial charge in [-0.2, -0.15) is 0 Å². The highest BCUT2D eigenvalue weighted by Crippen LogP contribution is 2.19. The summed E-state index contributed by atoms with van der Waals surface area (Å²) in [5.41, 5.74) is 0.879. The summed E-state index contributed by atoms with van der Waals surface area (Å²) in [5, 5.41) is 9.32. The van der Waals surface area contributed by atoms with E-state index in [0.717, 1.165) is 24.9 Å². The van der Waals surface area contributed by atoms with Gasteiger partial charge in [0.1, 0.15) is 5.75 Å². The normalized spacial score (nSPS) is 20.1. The molecule has 0 spiro atoms. The lowest BCUT2D eigenvalue weighted by atomic mass is 10.1. The smallest absolute Gasteiger partial charge is 0.227 e. The SMILES string of the molecule is CC1CCCN1C(=O)Cc1cccc(O)c1. The molecule has 1 aliphatic rings. The molecule has 1 aromatic carbocycles. The molecule has 3 nitrogen and oxygen atoms in total. The Morgan fingerprint density at radius 2 is 2.38 bits per heavy atom. The summed E-state index contributed by atoms with van der Waals surface area (Å²) in [4.78, 5) is 13.9. The monoisotopic (exact) mass is 219 g/mol. The first kappa shape index (κ1) is 11.0. The van der Waals surface area contributed by atoms with Gasteiger partial charge in [0, 0.05) is 12.6 Å². The van der Waals surface area contributed by atoms with Gasteiger partial charge in [-0.1, -0.05) is 12.1 Å². The molecule has 0 saturated carbocycles. The van der Waals surface area contributed by atoms with E-state index in [4.69, 9.17) is 0 Å². The molecule has 1 atom stereocenters. The van der Waals surface area contributed by atoms with Crippen molar-refractivity contribution < 1.29 is 9.90 Å². The van der Waals surface area contributed by atoms with Gasteiger partial charge in [0.25, 0.3) is 0 Å². The number of hydrogen-bond acceptors (Lipinski definition) is 2. The van der Waals surface area contributed by atoms with Crippen LogP contribution in [0.15, 0.2) is 24.3 Å². The Morgan fingerprint density at radius 1 is 1.56 bits per heavy atom. The number of likely N-dealkylation sites (tertiary alicyclic amines) is 1. The van der Waals surface area contributed by atoms with Gasteiger partial charge in [-0.25, -0.2) is 0 Å². The topological polar surface area (TPSA) is 40.5 Å². The van der Waals surface area contributed by atoms with Crippen LogP contribution < -0.4 is 0 Å². The van der Waals surface area contributed by atoms with Crippen molar-refractivity contribution in [2.24, 2.45) is 0 Å². The number of nitrogens with zero attached hydrogens (tertiary/aromatic N) is 1. The van der Waals surface area contributed by atoms with Gasteiger partial charge in [0.05, 0.1) is 6.42 Å². The van der Waals surface area contributed by atoms with Crippen LogP contribution >= 0.6 is 0 Å². The largest absolute Gasteiger partial charge is 0.508 e. The summed E-state index contributed by atoms with van der Waals surface area (Å²) in [6, 6.07) is 7.28. The molecule has 1 N–H and O–H groups in total. The van der Waals surface area contributed by atoms with Crippen molar-refractivity contribution >= 4 is 5.91 Å². The van der Waals surface area contributed by atoms with Gasteiger partial charge in [0.15, 0.2) is 0 Å². The number of benzene rings is 1. The van der Waals surface area contributed by atoms with Crippen molar-refractivity contribution in [1.82, 2.24) is 4.90 Å². The molecule has 1 aromatic rings. The van der Waals surface area contributed by atoms with Gasteiger partial charge in [0.2, 0.25) is 5.91 Å². The van der Waals surface area contributed by atoms with Crippen LogP contribution in [-0.4, -0.2) is 28.5 Å². The highest BCUT2D eigenvalue weighted by atomic mass is 16.3. The van der Waals surface area contributed by atoms with E-state index in [1.54, 1.807) is 18.2 Å². The van der Waals surface area contributed by atoms with Gasteiger partial charge < -0.3 is 10.0 Å². The summed E-state index contributed by atoms with van der Waals surface area (Å²) in [6.07, 6.45) is 2.59. The number of amides is 1. The standard InChI is InChI=1S/C13H17NO2/c1-10-4-3-7-14(10)13(16)9-11-5-2-6-12(15)8-11/h2,5-6,8,10,15H,3-4,7,9H2,1H3. The van der Waals surface area contributed by atoms with Gasteiger partial charge in [-0.3, -0.25) is 4.79 Å². The minimum absolute atomic E-state index is 0.163. The van der Waals surface area contributed by atoms with Crippen molar-refractivity contribution in [2.75, 3.05) is 6.54 Å². The van der Waals surface area contributed by atoms with E-state index in [2.05, 4.69) is 6.92 Å². The molecule has 1 amide bonds. The third-order valence-corrected chi connectivity index (χ3v) is 3.14. The second-order valence-corrected chi connectivity index (χ2v) is 4.43. The van der Waals surface area contributed by atoms with Gasteiger partial charge in [-0.15, -0.1) is 0 Å². The zero-order valence-electron chi connectivity index (χ0n) is 9.52. The number of rotatable bonds is 2. The number of carbonyl (C=O) groups excluding carboxylic acids is 1. The van der Waals surface area contributed by atoms with Crippen molar-refractivity contribution in [1.29, 1.82) is 0 Å². The van der Waals surface area contributed by atoms with E-state index >= 15 is 0 Å². The molecule has 0 bridgehead atoms. The Balaban J connectivity index is 2.02. The zero-order chi connectivity index (χ0) is 11.5. The molecule has 0 radical (unpaired) electrons. The van der Waals surface area contributed by atoms with Crippen LogP contribution in [0.3, 0.4) is 0 Å². The molecule has 3 heteroatoms. The number of phenols is 1. The fraction of sp³-hybridized carbons (Fsp3) is 0.462. The van der Waals surface area contributed by atoms with Gasteiger partial charge in [-0.05, 0) is 37.5 Å². The minimum Gasteiger partial charge on any atom is -0.508 e. The van der Waals surface area contributed by atoms with E-state index in [0.29, 0.717) is 12.5 Å². The van der Waals surface area contributed by atoms with E-state index in [9.17, 15) is 9.90 Å². The van der Waals surface area contributed by atoms with Crippen LogP contribution in [0.1, 0.15) is 25.3 Å². The summed E-state index contributed by atoms with van der Waals surface area (Å²) in [7, 11) is 0. The third-order valence-electron chi connectivity index (χ3n) is 3.14. The second kappa shape index (κ2) is 4.56. The first-order valence-electron chi connectivity index (χ1n) is 5.74. The van der Waals surface area contributed by atoms with Crippen LogP contribution in [0, 0.1) is 0 Å². The average molecular weight is 219 g/mol. The van der Waals surface area contributed by atoms with Crippen molar-refractivity contribution in [3.63, 3.8) is 0 Å². The molecule has 86 valence electrons. The van der Waals surface area contributed by atoms with Crippen LogP contribution in [0.4, 0.5) is 0 Å². The average Bonchev–Trinajstić information content (AvgIpc) is 2.64. The van der Waals surface area contributed by atoms with E-state index in [1.807, 2.05) is 11.0 Å². The van der Waals surface area contributed by atoms with Gasteiger partial charge >= 0.3 is 0 Å². The molecule has 1 unspecified atom stereocenters. The highest BCUT2D eigenvalue weighted by Gasteiger charge is 2.24. The fourth-order valence-corrected chi connectivity index (χ4v) is 2.25. The first-order valence-corrected chi connectivity index (χ1v) is 5.74. The molecule has 1 fully saturated rings. The first-order chi connectivity index (χ1) is 7.66. The van der Waals surface area contributed by atoms with E-state index < -0.39 is 0 Å². The Hall–Kier alpha value is -1.51. The Kier molecular flexibility index (Phi) is 3.13. The Labute approximate surface area is 95.7 Å². The predicted molar refractivity (Wildman–Crippen MR) is 62.2 cm³/mol. The second-order valence-electron chi connectivity index (χ2n) is 4.43. The maximum atomic E-state index is 12.0. The van der Waals surface area contributed by atoms with Crippen molar-refractivity contribution in [3.8, 4) is 5.75 Å².